The van der Waals surface area contributed by atoms with Gasteiger partial charge in [0, 0.05) is 23.7 Å². The molecule has 0 spiro atoms. The number of hydrogen-bond donors (Lipinski definition) is 1. The Hall–Kier alpha value is -2.49. The second-order valence-corrected chi connectivity index (χ2v) is 5.31. The van der Waals surface area contributed by atoms with Crippen LogP contribution in [-0.2, 0) is 12.8 Å². The van der Waals surface area contributed by atoms with Crippen LogP contribution >= 0.6 is 0 Å². The first kappa shape index (κ1) is 12.3. The van der Waals surface area contributed by atoms with E-state index in [4.69, 9.17) is 9.97 Å². The van der Waals surface area contributed by atoms with E-state index in [1.54, 1.807) is 0 Å². The van der Waals surface area contributed by atoms with Crippen LogP contribution in [0.15, 0.2) is 36.4 Å². The average molecular weight is 276 g/mol. The number of hydrogen-bond acceptors (Lipinski definition) is 4. The Morgan fingerprint density at radius 3 is 2.76 bits per heavy atom. The maximum absolute atomic E-state index is 4.73. The summed E-state index contributed by atoms with van der Waals surface area (Å²) in [7, 11) is 1.92. The summed E-state index contributed by atoms with van der Waals surface area (Å²) in [6.45, 7) is 0. The molecular formula is C17H16N4. The fraction of sp³-hybridized carbons (Fsp3) is 0.235. The summed E-state index contributed by atoms with van der Waals surface area (Å²) < 4.78 is 0. The van der Waals surface area contributed by atoms with E-state index in [1.165, 1.54) is 11.3 Å². The van der Waals surface area contributed by atoms with Gasteiger partial charge < -0.3 is 5.32 Å². The van der Waals surface area contributed by atoms with Crippen molar-refractivity contribution in [1.29, 1.82) is 0 Å². The third-order valence-corrected chi connectivity index (χ3v) is 4.00. The second kappa shape index (κ2) is 4.81. The number of nitrogens with zero attached hydrogens (tertiary/aromatic N) is 3. The molecular weight excluding hydrogens is 260 g/mol. The zero-order chi connectivity index (χ0) is 14.2. The predicted molar refractivity (Wildman–Crippen MR) is 84.3 cm³/mol. The molecule has 0 aliphatic heterocycles. The van der Waals surface area contributed by atoms with Crippen molar-refractivity contribution in [2.24, 2.45) is 0 Å². The van der Waals surface area contributed by atoms with E-state index in [0.717, 1.165) is 41.7 Å². The predicted octanol–water partition coefficient (Wildman–Crippen LogP) is 3.22. The number of benzene rings is 1. The minimum absolute atomic E-state index is 0.714. The molecule has 1 aromatic carbocycles. The number of aromatic nitrogens is 3. The molecule has 104 valence electrons. The lowest BCUT2D eigenvalue weighted by atomic mass is 10.2. The third kappa shape index (κ3) is 2.03. The fourth-order valence-electron chi connectivity index (χ4n) is 2.94. The quantitative estimate of drug-likeness (QED) is 0.780. The molecule has 2 aromatic heterocycles. The molecule has 0 atom stereocenters. The molecule has 0 saturated carbocycles. The lowest BCUT2D eigenvalue weighted by Crippen LogP contribution is -2.04. The average Bonchev–Trinajstić information content (AvgIpc) is 3.02. The highest BCUT2D eigenvalue weighted by molar-refractivity contribution is 5.80. The highest BCUT2D eigenvalue weighted by atomic mass is 15.0. The number of rotatable bonds is 2. The van der Waals surface area contributed by atoms with Crippen LogP contribution in [0.4, 0.5) is 5.82 Å². The normalized spacial score (nSPS) is 13.4. The van der Waals surface area contributed by atoms with Gasteiger partial charge in [-0.1, -0.05) is 24.3 Å². The summed E-state index contributed by atoms with van der Waals surface area (Å²) in [4.78, 5) is 14.1. The summed E-state index contributed by atoms with van der Waals surface area (Å²) in [5.41, 5.74) is 4.24. The molecule has 4 heteroatoms. The first-order chi connectivity index (χ1) is 10.3. The highest BCUT2D eigenvalue weighted by Gasteiger charge is 2.19. The Bertz CT molecular complexity index is 826. The molecule has 0 fully saturated rings. The topological polar surface area (TPSA) is 50.7 Å². The van der Waals surface area contributed by atoms with Crippen molar-refractivity contribution in [3.8, 4) is 11.5 Å². The molecule has 0 bridgehead atoms. The minimum Gasteiger partial charge on any atom is -0.373 e. The maximum Gasteiger partial charge on any atom is 0.180 e. The summed E-state index contributed by atoms with van der Waals surface area (Å²) in [5.74, 6) is 1.66. The Kier molecular flexibility index (Phi) is 2.81. The van der Waals surface area contributed by atoms with Gasteiger partial charge in [0.05, 0.1) is 5.52 Å². The number of aryl methyl sites for hydroxylation is 1. The molecule has 4 rings (SSSR count). The molecule has 21 heavy (non-hydrogen) atoms. The maximum atomic E-state index is 4.73. The van der Waals surface area contributed by atoms with Gasteiger partial charge in [-0.15, -0.1) is 0 Å². The van der Waals surface area contributed by atoms with Crippen LogP contribution in [-0.4, -0.2) is 22.0 Å². The van der Waals surface area contributed by atoms with E-state index >= 15 is 0 Å². The number of para-hydroxylation sites is 1. The standard InChI is InChI=1S/C17H16N4/c1-18-16-12-6-4-8-14(12)20-17(21-16)15-10-9-11-5-2-3-7-13(11)19-15/h2-3,5,7,9-10H,4,6,8H2,1H3,(H,18,20,21). The van der Waals surface area contributed by atoms with Gasteiger partial charge in [0.2, 0.25) is 0 Å². The van der Waals surface area contributed by atoms with Gasteiger partial charge in [0.25, 0.3) is 0 Å². The summed E-state index contributed by atoms with van der Waals surface area (Å²) >= 11 is 0. The van der Waals surface area contributed by atoms with E-state index in [-0.39, 0.29) is 0 Å². The van der Waals surface area contributed by atoms with Gasteiger partial charge in [-0.3, -0.25) is 0 Å². The number of anilines is 1. The van der Waals surface area contributed by atoms with E-state index in [0.29, 0.717) is 5.82 Å². The third-order valence-electron chi connectivity index (χ3n) is 4.00. The van der Waals surface area contributed by atoms with E-state index in [2.05, 4.69) is 22.4 Å². The van der Waals surface area contributed by atoms with Crippen LogP contribution < -0.4 is 5.32 Å². The van der Waals surface area contributed by atoms with Crippen molar-refractivity contribution in [1.82, 2.24) is 15.0 Å². The van der Waals surface area contributed by atoms with Crippen molar-refractivity contribution in [2.45, 2.75) is 19.3 Å². The van der Waals surface area contributed by atoms with E-state index in [1.807, 2.05) is 31.3 Å². The van der Waals surface area contributed by atoms with Crippen LogP contribution in [0, 0.1) is 0 Å². The van der Waals surface area contributed by atoms with Gasteiger partial charge in [-0.05, 0) is 31.4 Å². The van der Waals surface area contributed by atoms with Crippen molar-refractivity contribution < 1.29 is 0 Å². The van der Waals surface area contributed by atoms with Crippen molar-refractivity contribution in [2.75, 3.05) is 12.4 Å². The summed E-state index contributed by atoms with van der Waals surface area (Å²) in [5, 5.41) is 4.33. The highest BCUT2D eigenvalue weighted by Crippen LogP contribution is 2.28. The molecule has 0 unspecified atom stereocenters. The SMILES string of the molecule is CNc1nc(-c2ccc3ccccc3n2)nc2c1CCC2. The molecule has 3 aromatic rings. The fourth-order valence-corrected chi connectivity index (χ4v) is 2.94. The Balaban J connectivity index is 1.88. The Labute approximate surface area is 123 Å². The first-order valence-electron chi connectivity index (χ1n) is 7.29. The zero-order valence-corrected chi connectivity index (χ0v) is 11.9. The van der Waals surface area contributed by atoms with Gasteiger partial charge in [-0.25, -0.2) is 15.0 Å². The molecule has 1 aliphatic rings. The van der Waals surface area contributed by atoms with E-state index in [9.17, 15) is 0 Å². The van der Waals surface area contributed by atoms with Gasteiger partial charge in [0.1, 0.15) is 11.5 Å². The van der Waals surface area contributed by atoms with Crippen LogP contribution in [0.2, 0.25) is 0 Å². The molecule has 1 aliphatic carbocycles. The first-order valence-corrected chi connectivity index (χ1v) is 7.29. The second-order valence-electron chi connectivity index (χ2n) is 5.31. The lowest BCUT2D eigenvalue weighted by molar-refractivity contribution is 0.899. The largest absolute Gasteiger partial charge is 0.373 e. The molecule has 0 amide bonds. The molecule has 2 heterocycles. The molecule has 0 radical (unpaired) electrons. The van der Waals surface area contributed by atoms with Crippen LogP contribution in [0.3, 0.4) is 0 Å². The Morgan fingerprint density at radius 1 is 0.952 bits per heavy atom. The van der Waals surface area contributed by atoms with Crippen molar-refractivity contribution >= 4 is 16.7 Å². The smallest absolute Gasteiger partial charge is 0.180 e. The van der Waals surface area contributed by atoms with Crippen molar-refractivity contribution in [3.05, 3.63) is 47.7 Å². The summed E-state index contributed by atoms with van der Waals surface area (Å²) in [6, 6.07) is 12.2. The van der Waals surface area contributed by atoms with Crippen LogP contribution in [0.25, 0.3) is 22.4 Å². The number of pyridine rings is 1. The van der Waals surface area contributed by atoms with E-state index < -0.39 is 0 Å². The number of fused-ring (bicyclic) bond motifs is 2. The van der Waals surface area contributed by atoms with Gasteiger partial charge >= 0.3 is 0 Å². The lowest BCUT2D eigenvalue weighted by Gasteiger charge is -2.09. The van der Waals surface area contributed by atoms with Gasteiger partial charge in [-0.2, -0.15) is 0 Å². The van der Waals surface area contributed by atoms with Crippen molar-refractivity contribution in [3.63, 3.8) is 0 Å². The zero-order valence-electron chi connectivity index (χ0n) is 11.9. The number of nitrogens with one attached hydrogen (secondary N) is 1. The monoisotopic (exact) mass is 276 g/mol. The molecule has 4 nitrogen and oxygen atoms in total. The molecule has 0 saturated heterocycles. The van der Waals surface area contributed by atoms with Crippen LogP contribution in [0.5, 0.6) is 0 Å². The summed E-state index contributed by atoms with van der Waals surface area (Å²) in [6.07, 6.45) is 3.26. The van der Waals surface area contributed by atoms with Crippen LogP contribution in [0.1, 0.15) is 17.7 Å². The Morgan fingerprint density at radius 2 is 1.86 bits per heavy atom. The molecule has 1 N–H and O–H groups in total. The van der Waals surface area contributed by atoms with Gasteiger partial charge in [0.15, 0.2) is 5.82 Å². The minimum atomic E-state index is 0.714.